The maximum absolute atomic E-state index is 11.4. The van der Waals surface area contributed by atoms with Crippen molar-refractivity contribution in [2.45, 2.75) is 57.9 Å². The van der Waals surface area contributed by atoms with E-state index < -0.39 is 11.9 Å². The topological polar surface area (TPSA) is 53.4 Å². The van der Waals surface area contributed by atoms with Crippen molar-refractivity contribution in [2.75, 3.05) is 11.4 Å². The van der Waals surface area contributed by atoms with Gasteiger partial charge in [0.05, 0.1) is 5.69 Å². The summed E-state index contributed by atoms with van der Waals surface area (Å²) in [5.41, 5.74) is 0.838. The maximum atomic E-state index is 11.4. The molecule has 110 valence electrons. The van der Waals surface area contributed by atoms with E-state index in [9.17, 15) is 9.90 Å². The molecular formula is C15H22N2O2S. The second kappa shape index (κ2) is 5.35. The highest BCUT2D eigenvalue weighted by Gasteiger charge is 2.32. The number of aromatic nitrogens is 1. The van der Waals surface area contributed by atoms with E-state index in [1.54, 1.807) is 11.3 Å². The Balaban J connectivity index is 1.88. The third-order valence-electron chi connectivity index (χ3n) is 4.26. The highest BCUT2D eigenvalue weighted by atomic mass is 32.1. The highest BCUT2D eigenvalue weighted by Crippen LogP contribution is 2.40. The minimum Gasteiger partial charge on any atom is -0.481 e. The lowest BCUT2D eigenvalue weighted by atomic mass is 9.91. The van der Waals surface area contributed by atoms with Crippen molar-refractivity contribution in [3.8, 4) is 0 Å². The van der Waals surface area contributed by atoms with Gasteiger partial charge in [0.2, 0.25) is 0 Å². The van der Waals surface area contributed by atoms with Gasteiger partial charge in [-0.05, 0) is 51.9 Å². The Hall–Kier alpha value is -1.10. The summed E-state index contributed by atoms with van der Waals surface area (Å²) in [4.78, 5) is 19.6. The van der Waals surface area contributed by atoms with E-state index in [0.29, 0.717) is 6.04 Å². The molecule has 1 atom stereocenters. The van der Waals surface area contributed by atoms with E-state index in [0.717, 1.165) is 42.6 Å². The van der Waals surface area contributed by atoms with Gasteiger partial charge in [0, 0.05) is 17.5 Å². The van der Waals surface area contributed by atoms with Crippen LogP contribution in [-0.4, -0.2) is 28.6 Å². The van der Waals surface area contributed by atoms with E-state index in [-0.39, 0.29) is 0 Å². The molecule has 0 bridgehead atoms. The summed E-state index contributed by atoms with van der Waals surface area (Å²) in [6, 6.07) is 0.423. The number of carboxylic acids is 1. The Morgan fingerprint density at radius 2 is 2.20 bits per heavy atom. The number of carboxylic acid groups (broad SMARTS) is 1. The van der Waals surface area contributed by atoms with Crippen LogP contribution in [0.4, 0.5) is 5.13 Å². The molecule has 0 radical (unpaired) electrons. The standard InChI is InChI=1S/C15H22N2O2S/c1-9(2)17(8-10-6-7-10)15-16-13-11(14(18)19)4-3-5-12(13)20-15/h9-11H,3-8H2,1-2H3,(H,18,19). The van der Waals surface area contributed by atoms with Crippen LogP contribution in [0.5, 0.6) is 0 Å². The molecular weight excluding hydrogens is 272 g/mol. The summed E-state index contributed by atoms with van der Waals surface area (Å²) in [6.45, 7) is 5.46. The molecule has 1 aromatic heterocycles. The molecule has 2 aliphatic rings. The van der Waals surface area contributed by atoms with Gasteiger partial charge in [-0.1, -0.05) is 0 Å². The number of fused-ring (bicyclic) bond motifs is 1. The van der Waals surface area contributed by atoms with Crippen molar-refractivity contribution in [3.05, 3.63) is 10.6 Å². The van der Waals surface area contributed by atoms with Crippen LogP contribution in [0.1, 0.15) is 56.0 Å². The normalized spacial score (nSPS) is 21.9. The molecule has 3 rings (SSSR count). The van der Waals surface area contributed by atoms with Gasteiger partial charge in [-0.3, -0.25) is 4.79 Å². The van der Waals surface area contributed by atoms with Crippen LogP contribution in [0.25, 0.3) is 0 Å². The van der Waals surface area contributed by atoms with Crippen molar-refractivity contribution >= 4 is 22.4 Å². The summed E-state index contributed by atoms with van der Waals surface area (Å²) in [5.74, 6) is -0.298. The first-order valence-electron chi connectivity index (χ1n) is 7.55. The van der Waals surface area contributed by atoms with Crippen LogP contribution in [0.15, 0.2) is 0 Å². The number of carbonyl (C=O) groups is 1. The predicted octanol–water partition coefficient (Wildman–Crippen LogP) is 3.27. The number of anilines is 1. The number of rotatable bonds is 5. The smallest absolute Gasteiger partial charge is 0.312 e. The molecule has 1 saturated carbocycles. The highest BCUT2D eigenvalue weighted by molar-refractivity contribution is 7.15. The second-order valence-electron chi connectivity index (χ2n) is 6.28. The van der Waals surface area contributed by atoms with Crippen molar-refractivity contribution in [3.63, 3.8) is 0 Å². The van der Waals surface area contributed by atoms with Crippen LogP contribution >= 0.6 is 11.3 Å². The third-order valence-corrected chi connectivity index (χ3v) is 5.43. The molecule has 1 unspecified atom stereocenters. The summed E-state index contributed by atoms with van der Waals surface area (Å²) < 4.78 is 0. The first kappa shape index (κ1) is 13.9. The van der Waals surface area contributed by atoms with Gasteiger partial charge in [0.25, 0.3) is 0 Å². The third kappa shape index (κ3) is 2.68. The van der Waals surface area contributed by atoms with Crippen molar-refractivity contribution in [1.29, 1.82) is 0 Å². The van der Waals surface area contributed by atoms with Crippen molar-refractivity contribution < 1.29 is 9.90 Å². The lowest BCUT2D eigenvalue weighted by molar-refractivity contribution is -0.139. The van der Waals surface area contributed by atoms with E-state index in [2.05, 4.69) is 18.7 Å². The first-order chi connectivity index (χ1) is 9.56. The monoisotopic (exact) mass is 294 g/mol. The minimum absolute atomic E-state index is 0.390. The summed E-state index contributed by atoms with van der Waals surface area (Å²) >= 11 is 1.71. The molecule has 0 amide bonds. The molecule has 0 saturated heterocycles. The Morgan fingerprint density at radius 1 is 1.45 bits per heavy atom. The molecule has 2 aliphatic carbocycles. The first-order valence-corrected chi connectivity index (χ1v) is 8.37. The summed E-state index contributed by atoms with van der Waals surface area (Å²) in [5, 5.41) is 10.4. The molecule has 0 aliphatic heterocycles. The molecule has 1 heterocycles. The molecule has 20 heavy (non-hydrogen) atoms. The predicted molar refractivity (Wildman–Crippen MR) is 80.6 cm³/mol. The number of aryl methyl sites for hydroxylation is 1. The second-order valence-corrected chi connectivity index (χ2v) is 7.34. The number of hydrogen-bond donors (Lipinski definition) is 1. The van der Waals surface area contributed by atoms with Gasteiger partial charge in [0.15, 0.2) is 5.13 Å². The number of aliphatic carboxylic acids is 1. The van der Waals surface area contributed by atoms with Crippen LogP contribution in [0, 0.1) is 5.92 Å². The van der Waals surface area contributed by atoms with Crippen molar-refractivity contribution in [2.24, 2.45) is 5.92 Å². The molecule has 4 nitrogen and oxygen atoms in total. The fraction of sp³-hybridized carbons (Fsp3) is 0.733. The summed E-state index contributed by atoms with van der Waals surface area (Å²) in [6.07, 6.45) is 5.34. The molecule has 0 spiro atoms. The fourth-order valence-electron chi connectivity index (χ4n) is 2.86. The average Bonchev–Trinajstić information content (AvgIpc) is 3.11. The van der Waals surface area contributed by atoms with E-state index in [1.807, 2.05) is 0 Å². The van der Waals surface area contributed by atoms with Gasteiger partial charge in [-0.15, -0.1) is 11.3 Å². The SMILES string of the molecule is CC(C)N(CC1CC1)c1nc2c(s1)CCCC2C(=O)O. The largest absolute Gasteiger partial charge is 0.481 e. The lowest BCUT2D eigenvalue weighted by Gasteiger charge is -2.26. The zero-order valence-corrected chi connectivity index (χ0v) is 12.9. The Bertz CT molecular complexity index is 508. The van der Waals surface area contributed by atoms with E-state index in [4.69, 9.17) is 4.98 Å². The van der Waals surface area contributed by atoms with E-state index >= 15 is 0 Å². The molecule has 0 aromatic carbocycles. The summed E-state index contributed by atoms with van der Waals surface area (Å²) in [7, 11) is 0. The molecule has 1 N–H and O–H groups in total. The number of nitrogens with zero attached hydrogens (tertiary/aromatic N) is 2. The maximum Gasteiger partial charge on any atom is 0.312 e. The van der Waals surface area contributed by atoms with Gasteiger partial charge < -0.3 is 10.0 Å². The van der Waals surface area contributed by atoms with Crippen LogP contribution in [-0.2, 0) is 11.2 Å². The Labute approximate surface area is 123 Å². The van der Waals surface area contributed by atoms with Crippen molar-refractivity contribution in [1.82, 2.24) is 4.98 Å². The lowest BCUT2D eigenvalue weighted by Crippen LogP contribution is -2.32. The minimum atomic E-state index is -0.721. The van der Waals surface area contributed by atoms with Gasteiger partial charge >= 0.3 is 5.97 Å². The fourth-order valence-corrected chi connectivity index (χ4v) is 4.16. The zero-order valence-electron chi connectivity index (χ0n) is 12.1. The molecule has 5 heteroatoms. The average molecular weight is 294 g/mol. The number of hydrogen-bond acceptors (Lipinski definition) is 4. The van der Waals surface area contributed by atoms with Gasteiger partial charge in [-0.25, -0.2) is 4.98 Å². The van der Waals surface area contributed by atoms with Gasteiger partial charge in [0.1, 0.15) is 5.92 Å². The van der Waals surface area contributed by atoms with Gasteiger partial charge in [-0.2, -0.15) is 0 Å². The Kier molecular flexibility index (Phi) is 3.71. The molecule has 1 aromatic rings. The zero-order chi connectivity index (χ0) is 14.3. The van der Waals surface area contributed by atoms with Crippen LogP contribution in [0.3, 0.4) is 0 Å². The van der Waals surface area contributed by atoms with Crippen LogP contribution in [0.2, 0.25) is 0 Å². The Morgan fingerprint density at radius 3 is 2.80 bits per heavy atom. The molecule has 1 fully saturated rings. The number of thiazole rings is 1. The quantitative estimate of drug-likeness (QED) is 0.905. The van der Waals surface area contributed by atoms with Crippen LogP contribution < -0.4 is 4.90 Å². The van der Waals surface area contributed by atoms with E-state index in [1.165, 1.54) is 17.7 Å².